The summed E-state index contributed by atoms with van der Waals surface area (Å²) in [7, 11) is -33.3. The highest BCUT2D eigenvalue weighted by Crippen LogP contribution is 2.67. The summed E-state index contributed by atoms with van der Waals surface area (Å²) >= 11 is 0. The van der Waals surface area contributed by atoms with Gasteiger partial charge in [-0.15, -0.1) is 0 Å². The number of rotatable bonds is 16. The van der Waals surface area contributed by atoms with E-state index in [9.17, 15) is 66.2 Å². The first-order chi connectivity index (χ1) is 27.6. The van der Waals surface area contributed by atoms with Crippen LogP contribution in [0.15, 0.2) is 26.9 Å². The maximum absolute atomic E-state index is 13.3. The number of nitrogen functional groups attached to an aromatic ring is 1. The number of nitrogens with one attached hydrogen (secondary N) is 2. The van der Waals surface area contributed by atoms with Crippen molar-refractivity contribution in [1.82, 2.24) is 29.1 Å². The molecule has 0 saturated carbocycles. The maximum atomic E-state index is 13.3. The largest absolute Gasteiger partial charge is 0.490 e. The van der Waals surface area contributed by atoms with E-state index in [2.05, 4.69) is 41.2 Å². The van der Waals surface area contributed by atoms with Gasteiger partial charge in [0.1, 0.15) is 24.2 Å². The fourth-order valence-electron chi connectivity index (χ4n) is 5.20. The molecule has 4 unspecified atom stereocenters. The van der Waals surface area contributed by atoms with Crippen molar-refractivity contribution in [1.29, 1.82) is 0 Å². The fourth-order valence-corrected chi connectivity index (χ4v) is 11.3. The Kier molecular flexibility index (Phi) is 15.5. The van der Waals surface area contributed by atoms with Crippen molar-refractivity contribution in [2.75, 3.05) is 18.9 Å². The predicted molar refractivity (Wildman–Crippen MR) is 187 cm³/mol. The van der Waals surface area contributed by atoms with Gasteiger partial charge in [-0.25, -0.2) is 37.2 Å². The van der Waals surface area contributed by atoms with E-state index >= 15 is 0 Å². The predicted octanol–water partition coefficient (Wildman–Crippen LogP) is -2.46. The molecule has 346 valence electrons. The van der Waals surface area contributed by atoms with Crippen LogP contribution in [0.2, 0.25) is 0 Å². The molecule has 5 rings (SSSR count). The van der Waals surface area contributed by atoms with Crippen LogP contribution in [0.25, 0.3) is 11.2 Å². The minimum atomic E-state index is -5.71. The molecular formula is C20H32FN7O27P6. The minimum absolute atomic E-state index is 0.0366. The van der Waals surface area contributed by atoms with Crippen molar-refractivity contribution in [3.63, 3.8) is 0 Å². The Balaban J connectivity index is 0.000000270. The van der Waals surface area contributed by atoms with E-state index in [-0.39, 0.29) is 30.0 Å². The molecule has 0 amide bonds. The molecule has 34 nitrogen and oxygen atoms in total. The highest BCUT2D eigenvalue weighted by molar-refractivity contribution is 7.67. The van der Waals surface area contributed by atoms with Gasteiger partial charge in [-0.3, -0.25) is 37.7 Å². The number of phosphoric ester groups is 2. The van der Waals surface area contributed by atoms with Crippen LogP contribution in [0, 0.1) is 5.82 Å². The third-order valence-electron chi connectivity index (χ3n) is 7.43. The van der Waals surface area contributed by atoms with Crippen molar-refractivity contribution in [3.05, 3.63) is 49.5 Å². The second-order valence-electron chi connectivity index (χ2n) is 12.2. The lowest BCUT2D eigenvalue weighted by Gasteiger charge is -2.26. The number of imidazole rings is 1. The minimum Gasteiger partial charge on any atom is -0.390 e. The normalized spacial score (nSPS) is 27.4. The molecule has 3 aromatic heterocycles. The van der Waals surface area contributed by atoms with Gasteiger partial charge in [0.25, 0.3) is 11.1 Å². The number of nitrogens with two attached hydrogens (primary N) is 1. The second kappa shape index (κ2) is 18.5. The number of halogens is 1. The molecule has 2 aliphatic rings. The number of anilines is 1. The van der Waals surface area contributed by atoms with E-state index in [1.165, 1.54) is 17.8 Å². The molecule has 0 aliphatic carbocycles. The van der Waals surface area contributed by atoms with Gasteiger partial charge < -0.3 is 64.6 Å². The third kappa shape index (κ3) is 14.5. The van der Waals surface area contributed by atoms with E-state index < -0.39 is 119 Å². The number of hydrogen-bond acceptors (Lipinski definition) is 22. The summed E-state index contributed by atoms with van der Waals surface area (Å²) in [5.41, 5.74) is 1.18. The molecule has 61 heavy (non-hydrogen) atoms. The summed E-state index contributed by atoms with van der Waals surface area (Å²) in [5, 5.41) is 20.2. The summed E-state index contributed by atoms with van der Waals surface area (Å²) in [6.07, 6.45) is -5.50. The van der Waals surface area contributed by atoms with E-state index in [4.69, 9.17) is 44.6 Å². The Labute approximate surface area is 334 Å². The number of aliphatic hydroxyl groups excluding tert-OH is 2. The van der Waals surface area contributed by atoms with Gasteiger partial charge in [-0.1, -0.05) is 0 Å². The van der Waals surface area contributed by atoms with Crippen LogP contribution in [-0.4, -0.2) is 116 Å². The van der Waals surface area contributed by atoms with Crippen molar-refractivity contribution in [3.8, 4) is 0 Å². The molecule has 14 N–H and O–H groups in total. The van der Waals surface area contributed by atoms with Crippen molar-refractivity contribution in [2.45, 2.75) is 56.1 Å². The Morgan fingerprint density at radius 3 is 1.87 bits per heavy atom. The molecule has 10 atom stereocenters. The first-order valence-corrected chi connectivity index (χ1v) is 24.6. The SMILES string of the molecule is C[C@]1(n2cnc3c(=O)[nH]c(N)nc32)C[C@H](O)[C@@H](COP(=O)(O)OP(=O)(O)OP(=O)(O)O)O1.O=c1[nH]c(=O)n([C@H]2C[C@H](O)[C@@H](COP(=O)(O)OP(=O)(O)OP(=O)(O)O)O2)cc1F. The highest BCUT2D eigenvalue weighted by atomic mass is 31.3. The average molecular weight is 1010 g/mol. The van der Waals surface area contributed by atoms with Gasteiger partial charge in [0, 0.05) is 12.8 Å². The van der Waals surface area contributed by atoms with Gasteiger partial charge in [-0.2, -0.15) is 26.6 Å². The van der Waals surface area contributed by atoms with E-state index in [0.29, 0.717) is 10.8 Å². The quantitative estimate of drug-likeness (QED) is 0.0662. The van der Waals surface area contributed by atoms with Crippen molar-refractivity contribution in [2.24, 2.45) is 0 Å². The number of hydrogen-bond donors (Lipinski definition) is 13. The molecule has 5 heterocycles. The zero-order chi connectivity index (χ0) is 46.3. The third-order valence-corrected chi connectivity index (χ3v) is 15.0. The molecule has 2 saturated heterocycles. The van der Waals surface area contributed by atoms with Crippen LogP contribution in [0.4, 0.5) is 10.3 Å². The van der Waals surface area contributed by atoms with Gasteiger partial charge in [0.15, 0.2) is 11.2 Å². The molecule has 0 aromatic carbocycles. The molecule has 2 fully saturated rings. The monoisotopic (exact) mass is 1010 g/mol. The van der Waals surface area contributed by atoms with Crippen molar-refractivity contribution < 1.29 is 117 Å². The van der Waals surface area contributed by atoms with Crippen LogP contribution < -0.4 is 22.5 Å². The molecule has 0 spiro atoms. The van der Waals surface area contributed by atoms with E-state index in [1.807, 2.05) is 0 Å². The number of aromatic amines is 2. The Hall–Kier alpha value is -2.58. The van der Waals surface area contributed by atoms with Crippen LogP contribution in [-0.2, 0) is 68.9 Å². The Morgan fingerprint density at radius 2 is 1.34 bits per heavy atom. The van der Waals surface area contributed by atoms with E-state index in [0.717, 1.165) is 0 Å². The number of aliphatic hydroxyl groups is 2. The smallest absolute Gasteiger partial charge is 0.390 e. The molecule has 3 aromatic rings. The zero-order valence-corrected chi connectivity index (χ0v) is 35.1. The number of fused-ring (bicyclic) bond motifs is 1. The summed E-state index contributed by atoms with van der Waals surface area (Å²) < 4.78 is 116. The summed E-state index contributed by atoms with van der Waals surface area (Å²) in [6.45, 7) is -0.341. The summed E-state index contributed by atoms with van der Waals surface area (Å²) in [5.74, 6) is -1.52. The van der Waals surface area contributed by atoms with Gasteiger partial charge in [0.05, 0.1) is 37.9 Å². The molecular weight excluding hydrogens is 975 g/mol. The number of phosphoric acid groups is 6. The summed E-state index contributed by atoms with van der Waals surface area (Å²) in [4.78, 5) is 117. The number of aromatic nitrogens is 6. The Morgan fingerprint density at radius 1 is 0.820 bits per heavy atom. The topological polar surface area (TPSA) is 523 Å². The number of nitrogens with zero attached hydrogens (tertiary/aromatic N) is 4. The summed E-state index contributed by atoms with van der Waals surface area (Å²) in [6, 6.07) is 0. The first kappa shape index (κ1) is 51.1. The lowest BCUT2D eigenvalue weighted by Crippen LogP contribution is -2.34. The van der Waals surface area contributed by atoms with Crippen molar-refractivity contribution >= 4 is 64.0 Å². The maximum Gasteiger partial charge on any atom is 0.490 e. The fraction of sp³-hybridized carbons (Fsp3) is 0.550. The highest BCUT2D eigenvalue weighted by Gasteiger charge is 2.48. The number of H-pyrrole nitrogens is 2. The van der Waals surface area contributed by atoms with Crippen LogP contribution in [0.1, 0.15) is 26.0 Å². The van der Waals surface area contributed by atoms with E-state index in [1.54, 1.807) is 4.98 Å². The van der Waals surface area contributed by atoms with Gasteiger partial charge >= 0.3 is 52.6 Å². The van der Waals surface area contributed by atoms with Crippen LogP contribution in [0.3, 0.4) is 0 Å². The second-order valence-corrected chi connectivity index (χ2v) is 21.0. The standard InChI is InChI=1S/C11H18N5O13P3.C9H14FN2O14P3/c1-11(16-4-13-7-8(16)14-10(12)15-9(7)18)2-5(17)6(27-11)3-26-31(22,23)29-32(24,25)28-30(19,20)21;10-4-2-12(9(15)11-8(4)14)7-1-5(13)6(24-7)3-23-28(19,20)26-29(21,22)25-27(16,17)18/h4-6,17H,2-3H2,1H3,(H,22,23)(H,24,25)(H2,19,20,21)(H3,12,14,15,18);2,5-7,13H,1,3H2,(H,19,20)(H,21,22)(H,11,14,15)(H2,16,17,18)/t5-,6+,11+;5-,6+,7+/m00/s1. The average Bonchev–Trinajstić information content (AvgIpc) is 3.72. The van der Waals surface area contributed by atoms with Crippen LogP contribution >= 0.6 is 46.9 Å². The number of ether oxygens (including phenoxy) is 2. The molecule has 2 aliphatic heterocycles. The molecule has 0 radical (unpaired) electrons. The lowest BCUT2D eigenvalue weighted by molar-refractivity contribution is -0.102. The first-order valence-electron chi connectivity index (χ1n) is 15.6. The Bertz CT molecular complexity index is 2590. The van der Waals surface area contributed by atoms with Crippen LogP contribution in [0.5, 0.6) is 0 Å². The molecule has 0 bridgehead atoms. The molecule has 41 heteroatoms. The van der Waals surface area contributed by atoms with Gasteiger partial charge in [0.2, 0.25) is 11.8 Å². The lowest BCUT2D eigenvalue weighted by atomic mass is 10.1. The zero-order valence-electron chi connectivity index (χ0n) is 29.7. The van der Waals surface area contributed by atoms with Gasteiger partial charge in [-0.05, 0) is 6.92 Å².